The maximum atomic E-state index is 13.5. The Labute approximate surface area is 172 Å². The number of hydrogen-bond acceptors (Lipinski definition) is 3. The van der Waals surface area contributed by atoms with Crippen LogP contribution in [0.2, 0.25) is 0 Å². The first kappa shape index (κ1) is 18.2. The molecule has 2 aliphatic heterocycles. The second kappa shape index (κ2) is 6.35. The number of para-hydroxylation sites is 1. The maximum Gasteiger partial charge on any atom is 0.407 e. The van der Waals surface area contributed by atoms with Crippen molar-refractivity contribution in [1.82, 2.24) is 14.4 Å². The van der Waals surface area contributed by atoms with E-state index in [1.54, 1.807) is 23.7 Å². The smallest absolute Gasteiger partial charge is 0.270 e. The zero-order valence-corrected chi connectivity index (χ0v) is 16.7. The molecule has 0 bridgehead atoms. The Morgan fingerprint density at radius 1 is 1.00 bits per heavy atom. The van der Waals surface area contributed by atoms with Gasteiger partial charge in [0, 0.05) is 19.7 Å². The standard InChI is InChI=1S/C22H19FN5O2/c1-13-6-4-5-7-16(13)28-17(14-8-10-15(23)11-9-14)12-27-18-19(24-21(27)28)25(2)22(30)26(3)20(18)29/h4-12,18H,1-3H3/q+1. The summed E-state index contributed by atoms with van der Waals surface area (Å²) in [5.41, 5.74) is 3.47. The van der Waals surface area contributed by atoms with Crippen LogP contribution in [0.15, 0.2) is 59.7 Å². The third-order valence-electron chi connectivity index (χ3n) is 5.65. The minimum atomic E-state index is -0.725. The average molecular weight is 404 g/mol. The summed E-state index contributed by atoms with van der Waals surface area (Å²) in [6.07, 6.45) is 1.84. The number of rotatable bonds is 2. The SMILES string of the molecule is Cc1ccccc1-n1c(-c2ccc(F)cc2)c[n+]2c1N=C1C2C(=O)N(C)C(=O)N1C. The normalized spacial score (nSPS) is 17.9. The van der Waals surface area contributed by atoms with Crippen LogP contribution in [0.1, 0.15) is 11.6 Å². The van der Waals surface area contributed by atoms with Crippen molar-refractivity contribution < 1.29 is 18.5 Å². The molecule has 30 heavy (non-hydrogen) atoms. The van der Waals surface area contributed by atoms with E-state index in [4.69, 9.17) is 4.99 Å². The van der Waals surface area contributed by atoms with Gasteiger partial charge >= 0.3 is 12.0 Å². The predicted molar refractivity (Wildman–Crippen MR) is 108 cm³/mol. The van der Waals surface area contributed by atoms with E-state index >= 15 is 0 Å². The fourth-order valence-corrected chi connectivity index (χ4v) is 4.02. The molecular weight excluding hydrogens is 385 g/mol. The summed E-state index contributed by atoms with van der Waals surface area (Å²) in [5.74, 6) is 0.267. The minimum absolute atomic E-state index is 0.322. The molecule has 3 aromatic rings. The third-order valence-corrected chi connectivity index (χ3v) is 5.65. The van der Waals surface area contributed by atoms with Crippen LogP contribution >= 0.6 is 0 Å². The molecule has 0 spiro atoms. The minimum Gasteiger partial charge on any atom is -0.270 e. The van der Waals surface area contributed by atoms with Gasteiger partial charge in [-0.1, -0.05) is 23.2 Å². The number of aliphatic imine (C=N–C) groups is 1. The molecule has 3 amide bonds. The summed E-state index contributed by atoms with van der Waals surface area (Å²) < 4.78 is 17.2. The van der Waals surface area contributed by atoms with Crippen LogP contribution in [-0.4, -0.2) is 46.2 Å². The molecular formula is C22H19FN5O2+. The Morgan fingerprint density at radius 2 is 1.70 bits per heavy atom. The van der Waals surface area contributed by atoms with Gasteiger partial charge in [0.05, 0.1) is 0 Å². The van der Waals surface area contributed by atoms with Crippen LogP contribution in [-0.2, 0) is 4.79 Å². The van der Waals surface area contributed by atoms with E-state index in [0.717, 1.165) is 27.4 Å². The number of benzene rings is 2. The van der Waals surface area contributed by atoms with E-state index in [1.165, 1.54) is 24.1 Å². The fraction of sp³-hybridized carbons (Fsp3) is 0.182. The number of amidine groups is 1. The van der Waals surface area contributed by atoms with Gasteiger partial charge in [-0.15, -0.1) is 0 Å². The number of amides is 3. The van der Waals surface area contributed by atoms with E-state index in [0.29, 0.717) is 11.8 Å². The van der Waals surface area contributed by atoms with Crippen LogP contribution in [0.4, 0.5) is 15.1 Å². The van der Waals surface area contributed by atoms with Crippen molar-refractivity contribution in [3.05, 3.63) is 66.1 Å². The number of halogens is 1. The van der Waals surface area contributed by atoms with E-state index in [-0.39, 0.29) is 11.7 Å². The second-order valence-electron chi connectivity index (χ2n) is 7.46. The molecule has 5 rings (SSSR count). The number of imidazole rings is 1. The number of nitrogens with zero attached hydrogens (tertiary/aromatic N) is 5. The first-order valence-electron chi connectivity index (χ1n) is 9.51. The van der Waals surface area contributed by atoms with Crippen molar-refractivity contribution in [2.75, 3.05) is 14.1 Å². The van der Waals surface area contributed by atoms with E-state index in [9.17, 15) is 14.0 Å². The molecule has 1 atom stereocenters. The number of aromatic nitrogens is 2. The number of aryl methyl sites for hydroxylation is 1. The van der Waals surface area contributed by atoms with Gasteiger partial charge in [0.2, 0.25) is 11.9 Å². The number of carbonyl (C=O) groups is 2. The lowest BCUT2D eigenvalue weighted by molar-refractivity contribution is -0.676. The molecule has 1 unspecified atom stereocenters. The van der Waals surface area contributed by atoms with Gasteiger partial charge in [0.1, 0.15) is 23.4 Å². The number of carbonyl (C=O) groups excluding carboxylic acids is 2. The molecule has 7 nitrogen and oxygen atoms in total. The van der Waals surface area contributed by atoms with Crippen LogP contribution in [0.3, 0.4) is 0 Å². The van der Waals surface area contributed by atoms with Crippen molar-refractivity contribution in [2.24, 2.45) is 4.99 Å². The Hall–Kier alpha value is -3.81. The zero-order valence-electron chi connectivity index (χ0n) is 16.7. The van der Waals surface area contributed by atoms with Gasteiger partial charge in [0.15, 0.2) is 0 Å². The monoisotopic (exact) mass is 404 g/mol. The van der Waals surface area contributed by atoms with Gasteiger partial charge in [0.25, 0.3) is 5.91 Å². The average Bonchev–Trinajstić information content (AvgIpc) is 3.28. The Bertz CT molecular complexity index is 1240. The van der Waals surface area contributed by atoms with Crippen LogP contribution < -0.4 is 4.57 Å². The van der Waals surface area contributed by atoms with Gasteiger partial charge in [-0.05, 0) is 42.8 Å². The van der Waals surface area contributed by atoms with Crippen LogP contribution in [0.5, 0.6) is 0 Å². The molecule has 8 heteroatoms. The summed E-state index contributed by atoms with van der Waals surface area (Å²) in [7, 11) is 3.08. The van der Waals surface area contributed by atoms with Gasteiger partial charge in [-0.25, -0.2) is 13.8 Å². The molecule has 1 fully saturated rings. The topological polar surface area (TPSA) is 61.8 Å². The third kappa shape index (κ3) is 2.43. The lowest BCUT2D eigenvalue weighted by Crippen LogP contribution is -2.61. The van der Waals surface area contributed by atoms with Crippen LogP contribution in [0.25, 0.3) is 16.9 Å². The highest BCUT2D eigenvalue weighted by molar-refractivity contribution is 6.18. The summed E-state index contributed by atoms with van der Waals surface area (Å²) in [4.78, 5) is 32.5. The molecule has 0 radical (unpaired) electrons. The Balaban J connectivity index is 1.80. The van der Waals surface area contributed by atoms with Gasteiger partial charge in [-0.2, -0.15) is 4.57 Å². The first-order chi connectivity index (χ1) is 14.4. The first-order valence-corrected chi connectivity index (χ1v) is 9.51. The second-order valence-corrected chi connectivity index (χ2v) is 7.46. The van der Waals surface area contributed by atoms with Crippen molar-refractivity contribution >= 4 is 23.7 Å². The van der Waals surface area contributed by atoms with Crippen LogP contribution in [0, 0.1) is 12.7 Å². The van der Waals surface area contributed by atoms with Crippen molar-refractivity contribution in [3.8, 4) is 16.9 Å². The molecule has 1 aromatic heterocycles. The lowest BCUT2D eigenvalue weighted by atomic mass is 10.1. The highest BCUT2D eigenvalue weighted by Gasteiger charge is 2.52. The number of fused-ring (bicyclic) bond motifs is 3. The molecule has 2 aromatic carbocycles. The van der Waals surface area contributed by atoms with Gasteiger partial charge in [-0.3, -0.25) is 14.6 Å². The van der Waals surface area contributed by atoms with E-state index < -0.39 is 12.1 Å². The molecule has 2 aliphatic rings. The zero-order chi connectivity index (χ0) is 21.2. The largest absolute Gasteiger partial charge is 0.407 e. The molecule has 0 aliphatic carbocycles. The number of urea groups is 1. The van der Waals surface area contributed by atoms with Crippen molar-refractivity contribution in [2.45, 2.75) is 13.0 Å². The molecule has 0 N–H and O–H groups in total. The van der Waals surface area contributed by atoms with Gasteiger partial charge < -0.3 is 0 Å². The quantitative estimate of drug-likeness (QED) is 0.617. The number of imide groups is 1. The highest BCUT2D eigenvalue weighted by Crippen LogP contribution is 2.35. The van der Waals surface area contributed by atoms with Crippen molar-refractivity contribution in [3.63, 3.8) is 0 Å². The van der Waals surface area contributed by atoms with E-state index in [2.05, 4.69) is 0 Å². The Kier molecular flexibility index (Phi) is 3.86. The lowest BCUT2D eigenvalue weighted by Gasteiger charge is -2.30. The summed E-state index contributed by atoms with van der Waals surface area (Å²) in [6.45, 7) is 1.99. The molecule has 0 saturated carbocycles. The molecule has 150 valence electrons. The molecule has 1 saturated heterocycles. The maximum absolute atomic E-state index is 13.5. The summed E-state index contributed by atoms with van der Waals surface area (Å²) in [6, 6.07) is 12.9. The number of likely N-dealkylation sites (N-methyl/N-ethyl adjacent to an activating group) is 2. The summed E-state index contributed by atoms with van der Waals surface area (Å²) in [5, 5.41) is 0. The number of hydrogen-bond donors (Lipinski definition) is 0. The predicted octanol–water partition coefficient (Wildman–Crippen LogP) is 2.99. The fourth-order valence-electron chi connectivity index (χ4n) is 4.02. The van der Waals surface area contributed by atoms with Crippen molar-refractivity contribution in [1.29, 1.82) is 0 Å². The van der Waals surface area contributed by atoms with E-state index in [1.807, 2.05) is 42.0 Å². The Morgan fingerprint density at radius 3 is 2.40 bits per heavy atom. The summed E-state index contributed by atoms with van der Waals surface area (Å²) >= 11 is 0. The highest BCUT2D eigenvalue weighted by atomic mass is 19.1. The molecule has 3 heterocycles.